The van der Waals surface area contributed by atoms with Gasteiger partial charge in [-0.3, -0.25) is 19.3 Å². The fourth-order valence-electron chi connectivity index (χ4n) is 2.07. The van der Waals surface area contributed by atoms with E-state index < -0.39 is 18.2 Å². The summed E-state index contributed by atoms with van der Waals surface area (Å²) in [4.78, 5) is 45.7. The third kappa shape index (κ3) is 2.48. The number of hydrogen-bond acceptors (Lipinski definition) is 6. The van der Waals surface area contributed by atoms with E-state index in [-0.39, 0.29) is 34.7 Å². The van der Waals surface area contributed by atoms with Gasteiger partial charge in [0.25, 0.3) is 0 Å². The summed E-state index contributed by atoms with van der Waals surface area (Å²) in [5.41, 5.74) is -0.0281. The quantitative estimate of drug-likeness (QED) is 0.298. The maximum Gasteiger partial charge on any atom is 0.352 e. The molecule has 9 heteroatoms. The summed E-state index contributed by atoms with van der Waals surface area (Å²) >= 11 is 1.36. The molecule has 0 saturated carbocycles. The van der Waals surface area contributed by atoms with Gasteiger partial charge < -0.3 is 15.2 Å². The Morgan fingerprint density at radius 3 is 2.80 bits per heavy atom. The number of carbonyl (C=O) groups excluding carboxylic acids is 3. The molecule has 2 atom stereocenters. The van der Waals surface area contributed by atoms with Crippen molar-refractivity contribution in [1.29, 1.82) is 0 Å². The van der Waals surface area contributed by atoms with Crippen LogP contribution in [0.15, 0.2) is 11.3 Å². The lowest BCUT2D eigenvalue weighted by Crippen LogP contribution is -2.55. The molecule has 8 nitrogen and oxygen atoms in total. The van der Waals surface area contributed by atoms with Crippen LogP contribution in [0.1, 0.15) is 13.3 Å². The zero-order valence-corrected chi connectivity index (χ0v) is 11.3. The second kappa shape index (κ2) is 5.53. The highest BCUT2D eigenvalue weighted by molar-refractivity contribution is 8.00. The molecule has 0 radical (unpaired) electrons. The number of aliphatic carboxylic acids is 1. The van der Waals surface area contributed by atoms with Gasteiger partial charge in [-0.15, -0.1) is 11.8 Å². The summed E-state index contributed by atoms with van der Waals surface area (Å²) in [5.74, 6) is -1.99. The van der Waals surface area contributed by atoms with E-state index in [4.69, 9.17) is 4.74 Å². The summed E-state index contributed by atoms with van der Waals surface area (Å²) in [5, 5.41) is 11.3. The number of carboxylic acid groups (broad SMARTS) is 1. The van der Waals surface area contributed by atoms with E-state index in [1.54, 1.807) is 0 Å². The lowest BCUT2D eigenvalue weighted by Gasteiger charge is -2.44. The Morgan fingerprint density at radius 2 is 2.30 bits per heavy atom. The van der Waals surface area contributed by atoms with Gasteiger partial charge in [0.2, 0.25) is 18.5 Å². The van der Waals surface area contributed by atoms with Crippen molar-refractivity contribution in [3.63, 3.8) is 0 Å². The highest BCUT2D eigenvalue weighted by atomic mass is 32.2. The zero-order valence-electron chi connectivity index (χ0n) is 10.5. The van der Waals surface area contributed by atoms with E-state index in [0.717, 1.165) is 11.8 Å². The van der Waals surface area contributed by atoms with E-state index in [2.05, 4.69) is 5.32 Å². The molecule has 2 aliphatic rings. The molecule has 1 fully saturated rings. The third-order valence-electron chi connectivity index (χ3n) is 2.90. The Bertz CT molecular complexity index is 517. The first-order chi connectivity index (χ1) is 9.45. The third-order valence-corrected chi connectivity index (χ3v) is 4.14. The summed E-state index contributed by atoms with van der Waals surface area (Å²) in [6.45, 7) is 1.15. The molecule has 0 aromatic heterocycles. The summed E-state index contributed by atoms with van der Waals surface area (Å²) in [7, 11) is 0. The molecule has 2 N–H and O–H groups in total. The SMILES string of the molecule is CC(=O)OC(NC=O)C1=C(C(=O)O)N2C(=O)C[C@H]2SC1. The fourth-order valence-corrected chi connectivity index (χ4v) is 3.36. The van der Waals surface area contributed by atoms with Crippen LogP contribution >= 0.6 is 11.8 Å². The summed E-state index contributed by atoms with van der Waals surface area (Å²) in [6.07, 6.45) is -0.582. The molecule has 108 valence electrons. The van der Waals surface area contributed by atoms with Gasteiger partial charge in [-0.25, -0.2) is 4.79 Å². The lowest BCUT2D eigenvalue weighted by atomic mass is 10.1. The van der Waals surface area contributed by atoms with Gasteiger partial charge in [-0.05, 0) is 0 Å². The predicted molar refractivity (Wildman–Crippen MR) is 67.1 cm³/mol. The van der Waals surface area contributed by atoms with Gasteiger partial charge in [-0.2, -0.15) is 0 Å². The lowest BCUT2D eigenvalue weighted by molar-refractivity contribution is -0.148. The first-order valence-electron chi connectivity index (χ1n) is 5.72. The Kier molecular flexibility index (Phi) is 3.98. The van der Waals surface area contributed by atoms with Crippen LogP contribution in [0.2, 0.25) is 0 Å². The van der Waals surface area contributed by atoms with Gasteiger partial charge in [0.05, 0.1) is 11.8 Å². The molecule has 0 spiro atoms. The minimum absolute atomic E-state index is 0.189. The second-order valence-corrected chi connectivity index (χ2v) is 5.35. The van der Waals surface area contributed by atoms with Crippen molar-refractivity contribution < 1.29 is 29.0 Å². The average Bonchev–Trinajstić information content (AvgIpc) is 2.35. The number of fused-ring (bicyclic) bond motifs is 1. The Balaban J connectivity index is 2.39. The average molecular weight is 300 g/mol. The normalized spacial score (nSPS) is 22.6. The minimum atomic E-state index is -1.29. The van der Waals surface area contributed by atoms with Crippen molar-refractivity contribution >= 4 is 36.0 Å². The molecule has 20 heavy (non-hydrogen) atoms. The number of esters is 1. The standard InChI is InChI=1S/C11H12N2O6S/c1-5(15)19-10(12-4-14)6-3-20-8-2-7(16)13(8)9(6)11(17)18/h4,8,10H,2-3H2,1H3,(H,12,14)(H,17,18)/t8-,10?/m1/s1. The minimum Gasteiger partial charge on any atom is -0.477 e. The van der Waals surface area contributed by atoms with Gasteiger partial charge in [0, 0.05) is 18.2 Å². The number of thioether (sulfide) groups is 1. The number of carbonyl (C=O) groups is 4. The molecular formula is C11H12N2O6S. The van der Waals surface area contributed by atoms with Gasteiger partial charge in [-0.1, -0.05) is 0 Å². The molecular weight excluding hydrogens is 288 g/mol. The van der Waals surface area contributed by atoms with Crippen LogP contribution in [0.5, 0.6) is 0 Å². The van der Waals surface area contributed by atoms with Crippen LogP contribution in [0.3, 0.4) is 0 Å². The number of carboxylic acids is 1. The number of nitrogens with one attached hydrogen (secondary N) is 1. The zero-order chi connectivity index (χ0) is 14.9. The Hall–Kier alpha value is -2.03. The first-order valence-corrected chi connectivity index (χ1v) is 6.77. The van der Waals surface area contributed by atoms with E-state index in [1.165, 1.54) is 11.8 Å². The molecule has 0 aliphatic carbocycles. The number of nitrogens with zero attached hydrogens (tertiary/aromatic N) is 1. The number of ether oxygens (including phenoxy) is 1. The maximum absolute atomic E-state index is 11.5. The topological polar surface area (TPSA) is 113 Å². The number of rotatable bonds is 5. The van der Waals surface area contributed by atoms with E-state index >= 15 is 0 Å². The second-order valence-electron chi connectivity index (χ2n) is 4.19. The van der Waals surface area contributed by atoms with Crippen molar-refractivity contribution in [3.05, 3.63) is 11.3 Å². The maximum atomic E-state index is 11.5. The molecule has 0 aromatic rings. The van der Waals surface area contributed by atoms with Gasteiger partial charge >= 0.3 is 11.9 Å². The first kappa shape index (κ1) is 14.4. The van der Waals surface area contributed by atoms with Crippen LogP contribution in [0, 0.1) is 0 Å². The molecule has 2 amide bonds. The van der Waals surface area contributed by atoms with E-state index in [0.29, 0.717) is 6.41 Å². The van der Waals surface area contributed by atoms with Crippen LogP contribution in [0.25, 0.3) is 0 Å². The number of hydrogen-bond donors (Lipinski definition) is 2. The largest absolute Gasteiger partial charge is 0.477 e. The van der Waals surface area contributed by atoms with Crippen molar-refractivity contribution in [2.75, 3.05) is 5.75 Å². The van der Waals surface area contributed by atoms with Crippen LogP contribution in [-0.4, -0.2) is 51.6 Å². The fraction of sp³-hybridized carbons (Fsp3) is 0.455. The Labute approximate surface area is 118 Å². The van der Waals surface area contributed by atoms with Crippen molar-refractivity contribution in [1.82, 2.24) is 10.2 Å². The smallest absolute Gasteiger partial charge is 0.352 e. The van der Waals surface area contributed by atoms with Gasteiger partial charge in [0.15, 0.2) is 0 Å². The molecule has 2 rings (SSSR count). The molecule has 0 aromatic carbocycles. The molecule has 1 unspecified atom stereocenters. The number of amides is 2. The molecule has 0 bridgehead atoms. The van der Waals surface area contributed by atoms with Crippen LogP contribution in [0.4, 0.5) is 0 Å². The van der Waals surface area contributed by atoms with Crippen LogP contribution in [-0.2, 0) is 23.9 Å². The molecule has 2 aliphatic heterocycles. The summed E-state index contributed by atoms with van der Waals surface area (Å²) < 4.78 is 4.90. The molecule has 2 heterocycles. The monoisotopic (exact) mass is 300 g/mol. The molecule has 1 saturated heterocycles. The van der Waals surface area contributed by atoms with E-state index in [9.17, 15) is 24.3 Å². The van der Waals surface area contributed by atoms with Crippen molar-refractivity contribution in [2.45, 2.75) is 24.9 Å². The highest BCUT2D eigenvalue weighted by Crippen LogP contribution is 2.40. The Morgan fingerprint density at radius 1 is 1.60 bits per heavy atom. The van der Waals surface area contributed by atoms with Crippen molar-refractivity contribution in [2.24, 2.45) is 0 Å². The van der Waals surface area contributed by atoms with Crippen molar-refractivity contribution in [3.8, 4) is 0 Å². The summed E-state index contributed by atoms with van der Waals surface area (Å²) in [6, 6.07) is 0. The van der Waals surface area contributed by atoms with Gasteiger partial charge in [0.1, 0.15) is 5.70 Å². The van der Waals surface area contributed by atoms with E-state index in [1.807, 2.05) is 0 Å². The van der Waals surface area contributed by atoms with Crippen LogP contribution < -0.4 is 5.32 Å². The highest BCUT2D eigenvalue weighted by Gasteiger charge is 2.47. The number of β-lactam (4-membered cyclic amide) rings is 1. The predicted octanol–water partition coefficient (Wildman–Crippen LogP) is -0.734.